The standard InChI is InChI=1S/C15H14ClN5O3/c1-8-13(21(22)23)9(2)20(19-8)10(3)14-17-18-15(24-14)11-5-4-6-12(16)7-11/h4-7,10H,1-3H3. The molecule has 3 rings (SSSR count). The molecule has 124 valence electrons. The molecular formula is C15H14ClN5O3. The third kappa shape index (κ3) is 2.76. The lowest BCUT2D eigenvalue weighted by Crippen LogP contribution is -2.11. The monoisotopic (exact) mass is 347 g/mol. The summed E-state index contributed by atoms with van der Waals surface area (Å²) in [6.07, 6.45) is 0. The van der Waals surface area contributed by atoms with Gasteiger partial charge in [0.2, 0.25) is 11.8 Å². The molecule has 0 radical (unpaired) electrons. The third-order valence-corrected chi connectivity index (χ3v) is 3.94. The van der Waals surface area contributed by atoms with E-state index in [1.54, 1.807) is 39.0 Å². The van der Waals surface area contributed by atoms with Gasteiger partial charge in [0, 0.05) is 10.6 Å². The lowest BCUT2D eigenvalue weighted by molar-refractivity contribution is -0.386. The van der Waals surface area contributed by atoms with Crippen molar-refractivity contribution in [1.29, 1.82) is 0 Å². The van der Waals surface area contributed by atoms with Crippen LogP contribution in [0.2, 0.25) is 5.02 Å². The molecule has 8 nitrogen and oxygen atoms in total. The van der Waals surface area contributed by atoms with E-state index in [-0.39, 0.29) is 5.69 Å². The minimum Gasteiger partial charge on any atom is -0.418 e. The predicted octanol–water partition coefficient (Wildman–Crippen LogP) is 3.72. The second kappa shape index (κ2) is 6.04. The molecule has 0 amide bonds. The largest absolute Gasteiger partial charge is 0.418 e. The van der Waals surface area contributed by atoms with Gasteiger partial charge in [-0.1, -0.05) is 17.7 Å². The zero-order valence-electron chi connectivity index (χ0n) is 13.2. The maximum Gasteiger partial charge on any atom is 0.312 e. The Balaban J connectivity index is 1.96. The minimum atomic E-state index is -0.438. The summed E-state index contributed by atoms with van der Waals surface area (Å²) in [4.78, 5) is 10.7. The van der Waals surface area contributed by atoms with Crippen LogP contribution >= 0.6 is 11.6 Å². The van der Waals surface area contributed by atoms with E-state index < -0.39 is 11.0 Å². The van der Waals surface area contributed by atoms with Gasteiger partial charge in [-0.25, -0.2) is 0 Å². The number of aryl methyl sites for hydroxylation is 1. The maximum atomic E-state index is 11.1. The quantitative estimate of drug-likeness (QED) is 0.526. The van der Waals surface area contributed by atoms with E-state index in [0.717, 1.165) is 0 Å². The number of halogens is 1. The highest BCUT2D eigenvalue weighted by atomic mass is 35.5. The number of hydrogen-bond donors (Lipinski definition) is 0. The van der Waals surface area contributed by atoms with Gasteiger partial charge in [-0.3, -0.25) is 14.8 Å². The average molecular weight is 348 g/mol. The van der Waals surface area contributed by atoms with Gasteiger partial charge < -0.3 is 4.42 Å². The predicted molar refractivity (Wildman–Crippen MR) is 86.9 cm³/mol. The van der Waals surface area contributed by atoms with Crippen LogP contribution in [-0.4, -0.2) is 24.9 Å². The van der Waals surface area contributed by atoms with E-state index in [1.807, 2.05) is 6.07 Å². The first kappa shape index (κ1) is 16.1. The van der Waals surface area contributed by atoms with Crippen molar-refractivity contribution in [1.82, 2.24) is 20.0 Å². The zero-order valence-corrected chi connectivity index (χ0v) is 14.0. The van der Waals surface area contributed by atoms with Crippen LogP contribution in [-0.2, 0) is 0 Å². The van der Waals surface area contributed by atoms with Gasteiger partial charge in [0.15, 0.2) is 0 Å². The molecular weight excluding hydrogens is 334 g/mol. The Hall–Kier alpha value is -2.74. The number of nitrogens with zero attached hydrogens (tertiary/aromatic N) is 5. The topological polar surface area (TPSA) is 99.9 Å². The number of rotatable bonds is 4. The van der Waals surface area contributed by atoms with E-state index in [2.05, 4.69) is 15.3 Å². The fraction of sp³-hybridized carbons (Fsp3) is 0.267. The molecule has 0 saturated carbocycles. The van der Waals surface area contributed by atoms with Crippen LogP contribution < -0.4 is 0 Å². The van der Waals surface area contributed by atoms with Crippen molar-refractivity contribution in [3.63, 3.8) is 0 Å². The number of hydrogen-bond acceptors (Lipinski definition) is 6. The molecule has 0 fully saturated rings. The van der Waals surface area contributed by atoms with Gasteiger partial charge >= 0.3 is 5.69 Å². The first-order chi connectivity index (χ1) is 11.4. The Bertz CT molecular complexity index is 918. The molecule has 2 aromatic heterocycles. The Morgan fingerprint density at radius 3 is 2.71 bits per heavy atom. The molecule has 1 atom stereocenters. The van der Waals surface area contributed by atoms with Gasteiger partial charge in [-0.15, -0.1) is 10.2 Å². The van der Waals surface area contributed by atoms with Crippen molar-refractivity contribution in [2.75, 3.05) is 0 Å². The van der Waals surface area contributed by atoms with Crippen LogP contribution in [0.3, 0.4) is 0 Å². The second-order valence-corrected chi connectivity index (χ2v) is 5.79. The number of nitro groups is 1. The van der Waals surface area contributed by atoms with E-state index in [0.29, 0.717) is 33.8 Å². The summed E-state index contributed by atoms with van der Waals surface area (Å²) in [5.74, 6) is 0.640. The molecule has 1 aromatic carbocycles. The fourth-order valence-corrected chi connectivity index (χ4v) is 2.73. The van der Waals surface area contributed by atoms with Crippen molar-refractivity contribution in [2.45, 2.75) is 26.8 Å². The smallest absolute Gasteiger partial charge is 0.312 e. The molecule has 0 aliphatic heterocycles. The summed E-state index contributed by atoms with van der Waals surface area (Å²) in [5, 5.41) is 24.0. The van der Waals surface area contributed by atoms with Crippen LogP contribution in [0.25, 0.3) is 11.5 Å². The van der Waals surface area contributed by atoms with Crippen molar-refractivity contribution in [3.8, 4) is 11.5 Å². The van der Waals surface area contributed by atoms with Gasteiger partial charge in [0.25, 0.3) is 0 Å². The minimum absolute atomic E-state index is 0.00331. The Morgan fingerprint density at radius 1 is 1.33 bits per heavy atom. The first-order valence-electron chi connectivity index (χ1n) is 7.18. The van der Waals surface area contributed by atoms with Crippen LogP contribution in [0.15, 0.2) is 28.7 Å². The van der Waals surface area contributed by atoms with Gasteiger partial charge in [-0.05, 0) is 39.0 Å². The average Bonchev–Trinajstić information content (AvgIpc) is 3.11. The summed E-state index contributed by atoms with van der Waals surface area (Å²) in [6.45, 7) is 5.03. The molecule has 0 saturated heterocycles. The lowest BCUT2D eigenvalue weighted by Gasteiger charge is -2.08. The van der Waals surface area contributed by atoms with E-state index >= 15 is 0 Å². The Labute approximate surface area is 142 Å². The molecule has 0 bridgehead atoms. The SMILES string of the molecule is Cc1nn(C(C)c2nnc(-c3cccc(Cl)c3)o2)c(C)c1[N+](=O)[O-]. The second-order valence-electron chi connectivity index (χ2n) is 5.35. The van der Waals surface area contributed by atoms with Crippen molar-refractivity contribution < 1.29 is 9.34 Å². The summed E-state index contributed by atoms with van der Waals surface area (Å²) >= 11 is 5.96. The summed E-state index contributed by atoms with van der Waals surface area (Å²) in [7, 11) is 0. The highest BCUT2D eigenvalue weighted by Crippen LogP contribution is 2.29. The molecule has 0 spiro atoms. The Kier molecular flexibility index (Phi) is 4.06. The molecule has 0 N–H and O–H groups in total. The van der Waals surface area contributed by atoms with E-state index in [1.165, 1.54) is 4.68 Å². The highest BCUT2D eigenvalue weighted by Gasteiger charge is 2.27. The molecule has 3 aromatic rings. The van der Waals surface area contributed by atoms with Crippen LogP contribution in [0.4, 0.5) is 5.69 Å². The maximum absolute atomic E-state index is 11.1. The summed E-state index contributed by atoms with van der Waals surface area (Å²) in [5.41, 5.74) is 1.48. The molecule has 2 heterocycles. The van der Waals surface area contributed by atoms with Gasteiger partial charge in [0.05, 0.1) is 4.92 Å². The Morgan fingerprint density at radius 2 is 2.08 bits per heavy atom. The summed E-state index contributed by atoms with van der Waals surface area (Å²) < 4.78 is 7.21. The molecule has 1 unspecified atom stereocenters. The van der Waals surface area contributed by atoms with Crippen molar-refractivity contribution in [2.24, 2.45) is 0 Å². The van der Waals surface area contributed by atoms with Gasteiger partial charge in [0.1, 0.15) is 17.4 Å². The molecule has 9 heteroatoms. The molecule has 0 aliphatic rings. The third-order valence-electron chi connectivity index (χ3n) is 3.71. The number of benzene rings is 1. The van der Waals surface area contributed by atoms with Crippen molar-refractivity contribution >= 4 is 17.3 Å². The normalized spacial score (nSPS) is 12.3. The van der Waals surface area contributed by atoms with E-state index in [4.69, 9.17) is 16.0 Å². The summed E-state index contributed by atoms with van der Waals surface area (Å²) in [6, 6.07) is 6.63. The number of aromatic nitrogens is 4. The molecule has 0 aliphatic carbocycles. The molecule has 24 heavy (non-hydrogen) atoms. The lowest BCUT2D eigenvalue weighted by atomic mass is 10.2. The fourth-order valence-electron chi connectivity index (χ4n) is 2.54. The van der Waals surface area contributed by atoms with E-state index in [9.17, 15) is 10.1 Å². The van der Waals surface area contributed by atoms with Crippen LogP contribution in [0, 0.1) is 24.0 Å². The van der Waals surface area contributed by atoms with Crippen molar-refractivity contribution in [3.05, 3.63) is 56.7 Å². The van der Waals surface area contributed by atoms with Crippen LogP contribution in [0.1, 0.15) is 30.2 Å². The first-order valence-corrected chi connectivity index (χ1v) is 7.55. The zero-order chi connectivity index (χ0) is 17.4. The highest BCUT2D eigenvalue weighted by molar-refractivity contribution is 6.30. The van der Waals surface area contributed by atoms with Gasteiger partial charge in [-0.2, -0.15) is 5.10 Å². The van der Waals surface area contributed by atoms with Crippen LogP contribution in [0.5, 0.6) is 0 Å².